The molecule has 0 unspecified atom stereocenters. The number of hydrogen-bond donors (Lipinski definition) is 2. The van der Waals surface area contributed by atoms with Gasteiger partial charge in [0.2, 0.25) is 0 Å². The standard InChI is InChI=1S/C30H26ClF6N9O3/c1-14(30(35,36)37)42-29(48)49-12-23(16-3-7-20(31)22(9-16)46-26(25(33)34)39-13-41-46)45-27(47)24(43-28(45)38)19-6-2-15(8-21(19)32)17-10-40-44(11-17)18-4-5-18/h2-3,6-11,13-14,18,23-25H,4-5,12H2,1H3,(H2,38,43)(H,42,48)/t14-,23+,24+/m0/s1. The van der Waals surface area contributed by atoms with Crippen LogP contribution in [0.3, 0.4) is 0 Å². The van der Waals surface area contributed by atoms with E-state index in [1.165, 1.54) is 30.3 Å². The summed E-state index contributed by atoms with van der Waals surface area (Å²) in [6.45, 7) is -0.0984. The van der Waals surface area contributed by atoms with Crippen LogP contribution >= 0.6 is 11.6 Å². The molecule has 0 radical (unpaired) electrons. The van der Waals surface area contributed by atoms with Crippen LogP contribution in [0.2, 0.25) is 5.02 Å². The number of carbonyl (C=O) groups excluding carboxylic acids is 2. The summed E-state index contributed by atoms with van der Waals surface area (Å²) in [5.41, 5.74) is 7.17. The van der Waals surface area contributed by atoms with Gasteiger partial charge in [-0.25, -0.2) is 32.6 Å². The molecule has 3 atom stereocenters. The van der Waals surface area contributed by atoms with Crippen molar-refractivity contribution in [1.82, 2.24) is 34.8 Å². The zero-order valence-corrected chi connectivity index (χ0v) is 26.0. The number of amides is 2. The van der Waals surface area contributed by atoms with Crippen molar-refractivity contribution >= 4 is 29.6 Å². The molecular formula is C30H26ClF6N9O3. The highest BCUT2D eigenvalue weighted by Crippen LogP contribution is 2.38. The highest BCUT2D eigenvalue weighted by atomic mass is 35.5. The lowest BCUT2D eigenvalue weighted by Crippen LogP contribution is -2.46. The average molecular weight is 710 g/mol. The number of ether oxygens (including phenoxy) is 1. The molecule has 4 aromatic rings. The molecule has 49 heavy (non-hydrogen) atoms. The lowest BCUT2D eigenvalue weighted by atomic mass is 10.0. The fourth-order valence-electron chi connectivity index (χ4n) is 5.22. The molecule has 0 saturated heterocycles. The van der Waals surface area contributed by atoms with Gasteiger partial charge in [-0.15, -0.1) is 0 Å². The second kappa shape index (κ2) is 13.1. The van der Waals surface area contributed by atoms with Crippen molar-refractivity contribution in [1.29, 1.82) is 0 Å². The zero-order chi connectivity index (χ0) is 35.2. The van der Waals surface area contributed by atoms with Crippen LogP contribution in [0, 0.1) is 5.82 Å². The van der Waals surface area contributed by atoms with Crippen LogP contribution in [0.4, 0.5) is 31.1 Å². The Hall–Kier alpha value is -5.13. The summed E-state index contributed by atoms with van der Waals surface area (Å²) >= 11 is 6.30. The molecule has 1 fully saturated rings. The fraction of sp³-hybridized carbons (Fsp3) is 0.333. The molecule has 6 rings (SSSR count). The van der Waals surface area contributed by atoms with Crippen LogP contribution in [0.15, 0.2) is 60.1 Å². The van der Waals surface area contributed by atoms with Gasteiger partial charge in [-0.2, -0.15) is 23.4 Å². The lowest BCUT2D eigenvalue weighted by molar-refractivity contribution is -0.150. The molecule has 2 aromatic heterocycles. The third-order valence-corrected chi connectivity index (χ3v) is 8.31. The molecule has 1 aliphatic heterocycles. The van der Waals surface area contributed by atoms with E-state index in [9.17, 15) is 31.5 Å². The van der Waals surface area contributed by atoms with Crippen LogP contribution < -0.4 is 11.1 Å². The highest BCUT2D eigenvalue weighted by Gasteiger charge is 2.42. The summed E-state index contributed by atoms with van der Waals surface area (Å²) < 4.78 is 89.7. The van der Waals surface area contributed by atoms with Gasteiger partial charge in [-0.3, -0.25) is 14.4 Å². The maximum Gasteiger partial charge on any atom is 0.408 e. The Balaban J connectivity index is 1.31. The summed E-state index contributed by atoms with van der Waals surface area (Å²) in [6, 6.07) is 3.18. The first-order valence-corrected chi connectivity index (χ1v) is 15.1. The van der Waals surface area contributed by atoms with Gasteiger partial charge < -0.3 is 15.8 Å². The number of nitrogens with zero attached hydrogens (tertiary/aromatic N) is 7. The number of hydrogen-bond acceptors (Lipinski definition) is 8. The van der Waals surface area contributed by atoms with Crippen molar-refractivity contribution in [3.05, 3.63) is 82.9 Å². The van der Waals surface area contributed by atoms with Crippen LogP contribution in [-0.4, -0.2) is 66.2 Å². The van der Waals surface area contributed by atoms with Crippen molar-refractivity contribution in [3.8, 4) is 16.8 Å². The van der Waals surface area contributed by atoms with Crippen LogP contribution in [0.25, 0.3) is 16.8 Å². The Morgan fingerprint density at radius 1 is 1.14 bits per heavy atom. The zero-order valence-electron chi connectivity index (χ0n) is 25.3. The van der Waals surface area contributed by atoms with E-state index >= 15 is 4.39 Å². The quantitative estimate of drug-likeness (QED) is 0.198. The van der Waals surface area contributed by atoms with Crippen LogP contribution in [0.1, 0.15) is 61.3 Å². The summed E-state index contributed by atoms with van der Waals surface area (Å²) in [4.78, 5) is 34.8. The van der Waals surface area contributed by atoms with Gasteiger partial charge in [-0.1, -0.05) is 29.8 Å². The first kappa shape index (κ1) is 33.8. The minimum Gasteiger partial charge on any atom is -0.447 e. The second-order valence-electron chi connectivity index (χ2n) is 11.3. The predicted octanol–water partition coefficient (Wildman–Crippen LogP) is 5.81. The van der Waals surface area contributed by atoms with Gasteiger partial charge in [0.1, 0.15) is 24.8 Å². The number of aliphatic imine (C=N–C) groups is 1. The summed E-state index contributed by atoms with van der Waals surface area (Å²) in [5, 5.41) is 9.68. The molecule has 12 nitrogen and oxygen atoms in total. The second-order valence-corrected chi connectivity index (χ2v) is 11.7. The number of nitrogens with one attached hydrogen (secondary N) is 1. The monoisotopic (exact) mass is 709 g/mol. The topological polar surface area (TPSA) is 146 Å². The Bertz CT molecular complexity index is 1930. The number of rotatable bonds is 10. The Labute approximate surface area is 278 Å². The van der Waals surface area contributed by atoms with Crippen molar-refractivity contribution in [2.24, 2.45) is 10.7 Å². The first-order chi connectivity index (χ1) is 23.2. The van der Waals surface area contributed by atoms with E-state index in [2.05, 4.69) is 20.2 Å². The molecule has 2 amide bonds. The molecule has 0 bridgehead atoms. The normalized spacial score (nSPS) is 17.7. The fourth-order valence-corrected chi connectivity index (χ4v) is 5.42. The molecule has 1 aliphatic carbocycles. The number of guanidine groups is 1. The third-order valence-electron chi connectivity index (χ3n) is 7.99. The van der Waals surface area contributed by atoms with E-state index in [0.29, 0.717) is 24.1 Å². The molecule has 2 aliphatic rings. The summed E-state index contributed by atoms with van der Waals surface area (Å²) in [6.07, 6.45) is -3.04. The lowest BCUT2D eigenvalue weighted by Gasteiger charge is -2.29. The van der Waals surface area contributed by atoms with Gasteiger partial charge >= 0.3 is 12.3 Å². The molecule has 0 spiro atoms. The van der Waals surface area contributed by atoms with Crippen LogP contribution in [0.5, 0.6) is 0 Å². The van der Waals surface area contributed by atoms with E-state index in [1.807, 2.05) is 0 Å². The van der Waals surface area contributed by atoms with E-state index in [4.69, 9.17) is 22.1 Å². The Kier molecular flexibility index (Phi) is 9.00. The number of carbonyl (C=O) groups is 2. The number of alkyl carbamates (subject to hydrolysis) is 1. The molecule has 2 aromatic carbocycles. The number of halogens is 7. The Morgan fingerprint density at radius 3 is 2.57 bits per heavy atom. The average Bonchev–Trinajstić information content (AvgIpc) is 3.43. The van der Waals surface area contributed by atoms with Gasteiger partial charge in [0.05, 0.1) is 29.0 Å². The third kappa shape index (κ3) is 6.90. The minimum absolute atomic E-state index is 0.0651. The highest BCUT2D eigenvalue weighted by molar-refractivity contribution is 6.32. The number of alkyl halides is 5. The van der Waals surface area contributed by atoms with E-state index in [-0.39, 0.29) is 21.8 Å². The smallest absolute Gasteiger partial charge is 0.408 e. The molecule has 3 heterocycles. The minimum atomic E-state index is -4.78. The maximum atomic E-state index is 15.6. The number of nitrogens with two attached hydrogens (primary N) is 1. The molecular weight excluding hydrogens is 684 g/mol. The summed E-state index contributed by atoms with van der Waals surface area (Å²) in [7, 11) is 0. The van der Waals surface area contributed by atoms with Crippen molar-refractivity contribution in [2.75, 3.05) is 6.61 Å². The predicted molar refractivity (Wildman–Crippen MR) is 161 cm³/mol. The van der Waals surface area contributed by atoms with E-state index in [0.717, 1.165) is 28.8 Å². The molecule has 1 saturated carbocycles. The Morgan fingerprint density at radius 2 is 1.90 bits per heavy atom. The summed E-state index contributed by atoms with van der Waals surface area (Å²) in [5.74, 6) is -2.84. The molecule has 258 valence electrons. The molecule has 3 N–H and O–H groups in total. The van der Waals surface area contributed by atoms with Gasteiger partial charge in [-0.05, 0) is 49.1 Å². The molecule has 19 heteroatoms. The maximum absolute atomic E-state index is 15.6. The van der Waals surface area contributed by atoms with E-state index in [1.54, 1.807) is 28.5 Å². The van der Waals surface area contributed by atoms with E-state index < -0.39 is 66.9 Å². The van der Waals surface area contributed by atoms with Crippen LogP contribution in [-0.2, 0) is 9.53 Å². The van der Waals surface area contributed by atoms with Gasteiger partial charge in [0.25, 0.3) is 12.3 Å². The SMILES string of the molecule is C[C@H](NC(=O)OC[C@H](c1ccc(Cl)c(-n2ncnc2C(F)F)c1)N1C(=O)[C@@H](c2ccc(-c3cnn(C4CC4)c3)cc2F)N=C1N)C(F)(F)F. The van der Waals surface area contributed by atoms with Crippen molar-refractivity contribution < 1.29 is 40.7 Å². The van der Waals surface area contributed by atoms with Gasteiger partial charge in [0.15, 0.2) is 17.8 Å². The van der Waals surface area contributed by atoms with Crippen molar-refractivity contribution in [2.45, 2.75) is 56.5 Å². The van der Waals surface area contributed by atoms with Crippen molar-refractivity contribution in [3.63, 3.8) is 0 Å². The van der Waals surface area contributed by atoms with Gasteiger partial charge in [0, 0.05) is 17.3 Å². The number of aromatic nitrogens is 5. The largest absolute Gasteiger partial charge is 0.447 e. The first-order valence-electron chi connectivity index (χ1n) is 14.7. The number of benzene rings is 2.